The minimum absolute atomic E-state index is 0.0739. The van der Waals surface area contributed by atoms with Crippen molar-refractivity contribution >= 4 is 17.9 Å². The van der Waals surface area contributed by atoms with E-state index in [2.05, 4.69) is 69.4 Å². The average molecular weight is 954 g/mol. The highest BCUT2D eigenvalue weighted by Gasteiger charge is 2.19. The van der Waals surface area contributed by atoms with E-state index in [1.165, 1.54) is 199 Å². The topological polar surface area (TPSA) is 78.9 Å². The Bertz CT molecular complexity index is 1190. The Balaban J connectivity index is 4.12. The lowest BCUT2D eigenvalue weighted by Crippen LogP contribution is -2.30. The van der Waals surface area contributed by atoms with Gasteiger partial charge in [0.15, 0.2) is 6.10 Å². The van der Waals surface area contributed by atoms with Crippen molar-refractivity contribution in [1.29, 1.82) is 0 Å². The van der Waals surface area contributed by atoms with Crippen LogP contribution in [0.4, 0.5) is 0 Å². The number of carbonyl (C=O) groups is 3. The molecule has 0 saturated heterocycles. The van der Waals surface area contributed by atoms with Gasteiger partial charge in [-0.3, -0.25) is 14.4 Å². The van der Waals surface area contributed by atoms with Crippen molar-refractivity contribution in [3.63, 3.8) is 0 Å². The van der Waals surface area contributed by atoms with Crippen LogP contribution in [0.1, 0.15) is 310 Å². The molecule has 0 radical (unpaired) electrons. The first-order chi connectivity index (χ1) is 33.5. The predicted molar refractivity (Wildman–Crippen MR) is 293 cm³/mol. The summed E-state index contributed by atoms with van der Waals surface area (Å²) in [6.07, 6.45) is 69.9. The fourth-order valence-electron chi connectivity index (χ4n) is 8.56. The summed E-state index contributed by atoms with van der Waals surface area (Å²) in [5, 5.41) is 0. The van der Waals surface area contributed by atoms with Gasteiger partial charge in [-0.05, 0) is 83.5 Å². The number of hydrogen-bond acceptors (Lipinski definition) is 6. The van der Waals surface area contributed by atoms with Crippen LogP contribution in [0.2, 0.25) is 0 Å². The third kappa shape index (κ3) is 54.3. The van der Waals surface area contributed by atoms with Gasteiger partial charge in [-0.2, -0.15) is 0 Å². The van der Waals surface area contributed by atoms with Crippen LogP contribution in [0.15, 0.2) is 48.6 Å². The lowest BCUT2D eigenvalue weighted by molar-refractivity contribution is -0.167. The molecule has 0 aliphatic rings. The van der Waals surface area contributed by atoms with Crippen LogP contribution in [0, 0.1) is 0 Å². The van der Waals surface area contributed by atoms with E-state index >= 15 is 0 Å². The second-order valence-electron chi connectivity index (χ2n) is 19.9. The molecule has 6 heteroatoms. The first kappa shape index (κ1) is 65.4. The van der Waals surface area contributed by atoms with Gasteiger partial charge in [-0.15, -0.1) is 0 Å². The molecule has 1 atom stereocenters. The third-order valence-electron chi connectivity index (χ3n) is 13.1. The molecule has 0 N–H and O–H groups in total. The maximum atomic E-state index is 12.8. The minimum Gasteiger partial charge on any atom is -0.462 e. The second kappa shape index (κ2) is 57.0. The van der Waals surface area contributed by atoms with Crippen molar-refractivity contribution in [2.75, 3.05) is 13.2 Å². The lowest BCUT2D eigenvalue weighted by atomic mass is 10.0. The summed E-state index contributed by atoms with van der Waals surface area (Å²) in [4.78, 5) is 37.9. The standard InChI is InChI=1S/C62H112O6/c1-4-7-10-13-16-18-20-22-24-26-28-30-31-33-34-36-38-40-42-44-46-49-52-55-61(64)67-58-59(57-66-60(63)54-51-48-15-12-9-6-3)68-62(65)56-53-50-47-45-43-41-39-37-35-32-29-27-25-23-21-19-17-14-11-8-5-2/h20-23,26-29,59H,4-19,24-25,30-58H2,1-3H3/b22-20-,23-21-,28-26-,29-27-. The SMILES string of the molecule is CCCCCCC/C=C\C/C=C\CCCCCCCCCCCCCC(=O)OCC(COC(=O)CCCCCCCC)OC(=O)CCCCCCCCCCC/C=C\C/C=C\CCCCCCC. The van der Waals surface area contributed by atoms with Gasteiger partial charge in [-0.1, -0.05) is 256 Å². The maximum absolute atomic E-state index is 12.8. The van der Waals surface area contributed by atoms with Gasteiger partial charge in [0.2, 0.25) is 0 Å². The van der Waals surface area contributed by atoms with Crippen molar-refractivity contribution in [1.82, 2.24) is 0 Å². The second-order valence-corrected chi connectivity index (χ2v) is 19.9. The molecule has 68 heavy (non-hydrogen) atoms. The summed E-state index contributed by atoms with van der Waals surface area (Å²) in [6, 6.07) is 0. The molecule has 0 amide bonds. The molecule has 0 aliphatic carbocycles. The number of carbonyl (C=O) groups excluding carboxylic acids is 3. The molecule has 0 aromatic rings. The molecule has 0 aromatic heterocycles. The monoisotopic (exact) mass is 953 g/mol. The van der Waals surface area contributed by atoms with E-state index in [4.69, 9.17) is 14.2 Å². The molecule has 0 aliphatic heterocycles. The van der Waals surface area contributed by atoms with Crippen molar-refractivity contribution in [3.8, 4) is 0 Å². The number of ether oxygens (including phenoxy) is 3. The molecular formula is C62H112O6. The van der Waals surface area contributed by atoms with E-state index < -0.39 is 6.10 Å². The van der Waals surface area contributed by atoms with Gasteiger partial charge in [0.05, 0.1) is 0 Å². The fraction of sp³-hybridized carbons (Fsp3) is 0.823. The smallest absolute Gasteiger partial charge is 0.306 e. The Morgan fingerprint density at radius 1 is 0.294 bits per heavy atom. The largest absolute Gasteiger partial charge is 0.462 e. The first-order valence-corrected chi connectivity index (χ1v) is 29.6. The lowest BCUT2D eigenvalue weighted by Gasteiger charge is -2.18. The van der Waals surface area contributed by atoms with Gasteiger partial charge in [-0.25, -0.2) is 0 Å². The van der Waals surface area contributed by atoms with Crippen LogP contribution in [0.25, 0.3) is 0 Å². The van der Waals surface area contributed by atoms with Gasteiger partial charge >= 0.3 is 17.9 Å². The summed E-state index contributed by atoms with van der Waals surface area (Å²) in [5.41, 5.74) is 0. The molecule has 396 valence electrons. The Morgan fingerprint density at radius 2 is 0.529 bits per heavy atom. The van der Waals surface area contributed by atoms with Crippen LogP contribution in [-0.2, 0) is 28.6 Å². The Labute approximate surface area is 422 Å². The summed E-state index contributed by atoms with van der Waals surface area (Å²) < 4.78 is 16.8. The zero-order valence-corrected chi connectivity index (χ0v) is 45.4. The van der Waals surface area contributed by atoms with E-state index in [9.17, 15) is 14.4 Å². The van der Waals surface area contributed by atoms with Crippen LogP contribution < -0.4 is 0 Å². The molecule has 0 saturated carbocycles. The van der Waals surface area contributed by atoms with E-state index in [1.54, 1.807) is 0 Å². The molecule has 0 spiro atoms. The van der Waals surface area contributed by atoms with Crippen molar-refractivity contribution < 1.29 is 28.6 Å². The number of allylic oxidation sites excluding steroid dienone is 8. The molecule has 0 bridgehead atoms. The highest BCUT2D eigenvalue weighted by molar-refractivity contribution is 5.71. The van der Waals surface area contributed by atoms with Crippen LogP contribution in [0.5, 0.6) is 0 Å². The highest BCUT2D eigenvalue weighted by atomic mass is 16.6. The molecule has 6 nitrogen and oxygen atoms in total. The number of hydrogen-bond donors (Lipinski definition) is 0. The molecule has 0 rings (SSSR count). The molecule has 0 aromatic carbocycles. The summed E-state index contributed by atoms with van der Waals surface area (Å²) in [6.45, 7) is 6.59. The van der Waals surface area contributed by atoms with Crippen molar-refractivity contribution in [2.24, 2.45) is 0 Å². The molecule has 0 heterocycles. The third-order valence-corrected chi connectivity index (χ3v) is 13.1. The minimum atomic E-state index is -0.772. The van der Waals surface area contributed by atoms with Crippen molar-refractivity contribution in [2.45, 2.75) is 316 Å². The first-order valence-electron chi connectivity index (χ1n) is 29.6. The van der Waals surface area contributed by atoms with Crippen LogP contribution in [-0.4, -0.2) is 37.2 Å². The van der Waals surface area contributed by atoms with Gasteiger partial charge in [0.1, 0.15) is 13.2 Å². The quantitative estimate of drug-likeness (QED) is 0.0262. The van der Waals surface area contributed by atoms with Crippen LogP contribution >= 0.6 is 0 Å². The number of rotatable bonds is 54. The summed E-state index contributed by atoms with van der Waals surface area (Å²) in [5.74, 6) is -0.877. The number of esters is 3. The van der Waals surface area contributed by atoms with E-state index in [0.29, 0.717) is 19.3 Å². The van der Waals surface area contributed by atoms with Crippen LogP contribution in [0.3, 0.4) is 0 Å². The maximum Gasteiger partial charge on any atom is 0.306 e. The molecular weight excluding hydrogens is 841 g/mol. The number of unbranched alkanes of at least 4 members (excludes halogenated alkanes) is 35. The van der Waals surface area contributed by atoms with Gasteiger partial charge in [0, 0.05) is 19.3 Å². The van der Waals surface area contributed by atoms with E-state index in [0.717, 1.165) is 70.6 Å². The highest BCUT2D eigenvalue weighted by Crippen LogP contribution is 2.16. The zero-order chi connectivity index (χ0) is 49.3. The van der Waals surface area contributed by atoms with E-state index in [1.807, 2.05) is 0 Å². The Kier molecular flexibility index (Phi) is 54.8. The normalized spacial score (nSPS) is 12.3. The average Bonchev–Trinajstić information content (AvgIpc) is 3.34. The Hall–Kier alpha value is -2.63. The zero-order valence-electron chi connectivity index (χ0n) is 45.4. The fourth-order valence-corrected chi connectivity index (χ4v) is 8.56. The summed E-state index contributed by atoms with van der Waals surface area (Å²) in [7, 11) is 0. The summed E-state index contributed by atoms with van der Waals surface area (Å²) >= 11 is 0. The Morgan fingerprint density at radius 3 is 0.809 bits per heavy atom. The van der Waals surface area contributed by atoms with E-state index in [-0.39, 0.29) is 31.1 Å². The molecule has 0 fully saturated rings. The van der Waals surface area contributed by atoms with Crippen molar-refractivity contribution in [3.05, 3.63) is 48.6 Å². The predicted octanol–water partition coefficient (Wildman–Crippen LogP) is 19.8. The van der Waals surface area contributed by atoms with Gasteiger partial charge < -0.3 is 14.2 Å². The molecule has 1 unspecified atom stereocenters. The van der Waals surface area contributed by atoms with Gasteiger partial charge in [0.25, 0.3) is 0 Å².